The number of halogens is 2. The standard InChI is InChI=1S/C21H22Cl2N4O3S/c1-14(20-24-19-7-6-16(23)13-18(19)21(28)25(20)2)26-8-10-27(11-9-26)31(29,30)17-5-3-4-15(22)12-17/h3-7,12-14H,8-11H2,1-2H3. The van der Waals surface area contributed by atoms with Gasteiger partial charge in [0.15, 0.2) is 0 Å². The summed E-state index contributed by atoms with van der Waals surface area (Å²) in [6.07, 6.45) is 0. The summed E-state index contributed by atoms with van der Waals surface area (Å²) in [6.45, 7) is 3.71. The molecule has 31 heavy (non-hydrogen) atoms. The van der Waals surface area contributed by atoms with Gasteiger partial charge in [0, 0.05) is 43.3 Å². The Bertz CT molecular complexity index is 1300. The third kappa shape index (κ3) is 4.23. The molecule has 2 aromatic carbocycles. The van der Waals surface area contributed by atoms with Crippen LogP contribution in [0.1, 0.15) is 18.8 Å². The topological polar surface area (TPSA) is 75.5 Å². The molecule has 10 heteroatoms. The van der Waals surface area contributed by atoms with Gasteiger partial charge in [0.25, 0.3) is 5.56 Å². The molecule has 164 valence electrons. The second-order valence-electron chi connectivity index (χ2n) is 7.57. The Morgan fingerprint density at radius 2 is 1.68 bits per heavy atom. The van der Waals surface area contributed by atoms with E-state index in [1.54, 1.807) is 48.0 Å². The van der Waals surface area contributed by atoms with Gasteiger partial charge in [0.2, 0.25) is 10.0 Å². The first-order valence-corrected chi connectivity index (χ1v) is 12.0. The molecule has 0 N–H and O–H groups in total. The molecule has 1 aliphatic heterocycles. The van der Waals surface area contributed by atoms with Gasteiger partial charge in [-0.3, -0.25) is 14.3 Å². The molecule has 0 bridgehead atoms. The Morgan fingerprint density at radius 3 is 2.35 bits per heavy atom. The van der Waals surface area contributed by atoms with Crippen molar-refractivity contribution in [2.24, 2.45) is 7.05 Å². The fraction of sp³-hybridized carbons (Fsp3) is 0.333. The van der Waals surface area contributed by atoms with Crippen molar-refractivity contribution >= 4 is 44.1 Å². The van der Waals surface area contributed by atoms with Crippen molar-refractivity contribution < 1.29 is 8.42 Å². The number of nitrogens with zero attached hydrogens (tertiary/aromatic N) is 4. The van der Waals surface area contributed by atoms with E-state index < -0.39 is 10.0 Å². The van der Waals surface area contributed by atoms with E-state index in [4.69, 9.17) is 28.2 Å². The smallest absolute Gasteiger partial charge is 0.261 e. The average Bonchev–Trinajstić information content (AvgIpc) is 2.76. The lowest BCUT2D eigenvalue weighted by atomic mass is 10.2. The third-order valence-corrected chi connectivity index (χ3v) is 8.07. The molecule has 0 radical (unpaired) electrons. The Balaban J connectivity index is 1.55. The number of rotatable bonds is 4. The summed E-state index contributed by atoms with van der Waals surface area (Å²) in [5.41, 5.74) is 0.438. The van der Waals surface area contributed by atoms with Gasteiger partial charge in [-0.05, 0) is 43.3 Å². The molecule has 3 aromatic rings. The zero-order valence-electron chi connectivity index (χ0n) is 17.1. The van der Waals surface area contributed by atoms with E-state index >= 15 is 0 Å². The van der Waals surface area contributed by atoms with Crippen LogP contribution in [0.2, 0.25) is 10.0 Å². The van der Waals surface area contributed by atoms with Crippen LogP contribution in [0.15, 0.2) is 52.2 Å². The SMILES string of the molecule is CC(c1nc2ccc(Cl)cc2c(=O)n1C)N1CCN(S(=O)(=O)c2cccc(Cl)c2)CC1. The predicted molar refractivity (Wildman–Crippen MR) is 122 cm³/mol. The summed E-state index contributed by atoms with van der Waals surface area (Å²) in [5.74, 6) is 0.631. The monoisotopic (exact) mass is 480 g/mol. The van der Waals surface area contributed by atoms with Gasteiger partial charge in [-0.15, -0.1) is 0 Å². The molecular weight excluding hydrogens is 459 g/mol. The van der Waals surface area contributed by atoms with E-state index in [1.807, 2.05) is 6.92 Å². The summed E-state index contributed by atoms with van der Waals surface area (Å²) in [6, 6.07) is 11.2. The van der Waals surface area contributed by atoms with E-state index in [0.29, 0.717) is 53.0 Å². The molecular formula is C21H22Cl2N4O3S. The van der Waals surface area contributed by atoms with Gasteiger partial charge in [0.1, 0.15) is 5.82 Å². The van der Waals surface area contributed by atoms with Crippen molar-refractivity contribution in [2.75, 3.05) is 26.2 Å². The summed E-state index contributed by atoms with van der Waals surface area (Å²) in [7, 11) is -1.91. The molecule has 0 saturated carbocycles. The highest BCUT2D eigenvalue weighted by atomic mass is 35.5. The van der Waals surface area contributed by atoms with Crippen LogP contribution >= 0.6 is 23.2 Å². The highest BCUT2D eigenvalue weighted by Gasteiger charge is 2.31. The molecule has 1 unspecified atom stereocenters. The van der Waals surface area contributed by atoms with Crippen molar-refractivity contribution in [1.82, 2.24) is 18.8 Å². The minimum Gasteiger partial charge on any atom is -0.298 e. The first-order valence-electron chi connectivity index (χ1n) is 9.84. The summed E-state index contributed by atoms with van der Waals surface area (Å²) < 4.78 is 28.9. The van der Waals surface area contributed by atoms with Crippen LogP contribution in [0.25, 0.3) is 10.9 Å². The Kier molecular flexibility index (Phi) is 6.11. The van der Waals surface area contributed by atoms with E-state index in [2.05, 4.69) is 4.90 Å². The fourth-order valence-electron chi connectivity index (χ4n) is 3.90. The number of piperazine rings is 1. The van der Waals surface area contributed by atoms with Gasteiger partial charge in [0.05, 0.1) is 21.8 Å². The molecule has 1 aliphatic rings. The molecule has 1 aromatic heterocycles. The normalized spacial score (nSPS) is 17.2. The van der Waals surface area contributed by atoms with E-state index in [0.717, 1.165) is 0 Å². The maximum Gasteiger partial charge on any atom is 0.261 e. The zero-order valence-corrected chi connectivity index (χ0v) is 19.5. The summed E-state index contributed by atoms with van der Waals surface area (Å²) >= 11 is 12.0. The van der Waals surface area contributed by atoms with Crippen LogP contribution in [0.5, 0.6) is 0 Å². The lowest BCUT2D eigenvalue weighted by Gasteiger charge is -2.37. The molecule has 7 nitrogen and oxygen atoms in total. The maximum atomic E-state index is 12.9. The second-order valence-corrected chi connectivity index (χ2v) is 10.4. The number of hydrogen-bond donors (Lipinski definition) is 0. The first-order chi connectivity index (χ1) is 14.7. The lowest BCUT2D eigenvalue weighted by Crippen LogP contribution is -2.49. The van der Waals surface area contributed by atoms with Crippen LogP contribution < -0.4 is 5.56 Å². The maximum absolute atomic E-state index is 12.9. The predicted octanol–water partition coefficient (Wildman–Crippen LogP) is 3.31. The van der Waals surface area contributed by atoms with Gasteiger partial charge in [-0.25, -0.2) is 13.4 Å². The first kappa shape index (κ1) is 22.2. The minimum absolute atomic E-state index is 0.156. The minimum atomic E-state index is -3.61. The number of aromatic nitrogens is 2. The molecule has 2 heterocycles. The van der Waals surface area contributed by atoms with Crippen LogP contribution in [0.3, 0.4) is 0 Å². The molecule has 4 rings (SSSR count). The van der Waals surface area contributed by atoms with Crippen molar-refractivity contribution in [2.45, 2.75) is 17.9 Å². The highest BCUT2D eigenvalue weighted by molar-refractivity contribution is 7.89. The van der Waals surface area contributed by atoms with Crippen LogP contribution in [-0.2, 0) is 17.1 Å². The Morgan fingerprint density at radius 1 is 1.00 bits per heavy atom. The molecule has 0 amide bonds. The van der Waals surface area contributed by atoms with Crippen LogP contribution in [0.4, 0.5) is 0 Å². The molecule has 1 saturated heterocycles. The van der Waals surface area contributed by atoms with Gasteiger partial charge < -0.3 is 0 Å². The molecule has 0 aliphatic carbocycles. The molecule has 1 atom stereocenters. The fourth-order valence-corrected chi connectivity index (χ4v) is 5.80. The molecule has 0 spiro atoms. The van der Waals surface area contributed by atoms with Crippen molar-refractivity contribution in [1.29, 1.82) is 0 Å². The quantitative estimate of drug-likeness (QED) is 0.572. The van der Waals surface area contributed by atoms with Gasteiger partial charge in [-0.1, -0.05) is 29.3 Å². The Labute approximate surface area is 190 Å². The van der Waals surface area contributed by atoms with Gasteiger partial charge in [-0.2, -0.15) is 4.31 Å². The molecule has 1 fully saturated rings. The number of sulfonamides is 1. The number of benzene rings is 2. The van der Waals surface area contributed by atoms with E-state index in [-0.39, 0.29) is 16.5 Å². The largest absolute Gasteiger partial charge is 0.298 e. The third-order valence-electron chi connectivity index (χ3n) is 5.70. The van der Waals surface area contributed by atoms with Crippen LogP contribution in [0, 0.1) is 0 Å². The van der Waals surface area contributed by atoms with Crippen molar-refractivity contribution in [3.8, 4) is 0 Å². The second kappa shape index (κ2) is 8.52. The number of hydrogen-bond acceptors (Lipinski definition) is 5. The van der Waals surface area contributed by atoms with E-state index in [1.165, 1.54) is 10.4 Å². The van der Waals surface area contributed by atoms with Crippen molar-refractivity contribution in [3.63, 3.8) is 0 Å². The average molecular weight is 481 g/mol. The lowest BCUT2D eigenvalue weighted by molar-refractivity contribution is 0.139. The zero-order chi connectivity index (χ0) is 22.3. The summed E-state index contributed by atoms with van der Waals surface area (Å²) in [5, 5.41) is 1.35. The van der Waals surface area contributed by atoms with Gasteiger partial charge >= 0.3 is 0 Å². The Hall–Kier alpha value is -1.97. The van der Waals surface area contributed by atoms with Crippen molar-refractivity contribution in [3.05, 3.63) is 68.7 Å². The summed E-state index contributed by atoms with van der Waals surface area (Å²) in [4.78, 5) is 19.8. The van der Waals surface area contributed by atoms with Crippen LogP contribution in [-0.4, -0.2) is 53.4 Å². The van der Waals surface area contributed by atoms with E-state index in [9.17, 15) is 13.2 Å². The number of fused-ring (bicyclic) bond motifs is 1. The highest BCUT2D eigenvalue weighted by Crippen LogP contribution is 2.25.